The fourth-order valence-electron chi connectivity index (χ4n) is 1.75. The molecule has 1 rings (SSSR count). The molecule has 4 nitrogen and oxygen atoms in total. The average molecular weight is 250 g/mol. The fraction of sp³-hybridized carbons (Fsp3) is 0.417. The average Bonchev–Trinajstić information content (AvgIpc) is 2.28. The molecule has 0 atom stereocenters. The van der Waals surface area contributed by atoms with Gasteiger partial charge >= 0.3 is 5.97 Å². The Kier molecular flexibility index (Phi) is 4.41. The molecular formula is C12H14N2O2S. The summed E-state index contributed by atoms with van der Waals surface area (Å²) in [5, 5.41) is 9.01. The topological polar surface area (TPSA) is 65.9 Å². The maximum Gasteiger partial charge on any atom is 0.305 e. The first kappa shape index (κ1) is 13.4. The highest BCUT2D eigenvalue weighted by Crippen LogP contribution is 2.18. The van der Waals surface area contributed by atoms with Crippen LogP contribution in [-0.2, 0) is 16.0 Å². The molecule has 0 saturated carbocycles. The van der Waals surface area contributed by atoms with Crippen molar-refractivity contribution in [1.29, 1.82) is 5.26 Å². The molecule has 0 radical (unpaired) electrons. The van der Waals surface area contributed by atoms with Crippen molar-refractivity contribution in [3.05, 3.63) is 27.0 Å². The molecule has 0 spiro atoms. The number of nitrogens with one attached hydrogen (secondary N) is 1. The third-order valence-corrected chi connectivity index (χ3v) is 3.03. The Labute approximate surface area is 105 Å². The fourth-order valence-corrected chi connectivity index (χ4v) is 2.10. The third kappa shape index (κ3) is 2.92. The number of H-pyrrole nitrogens is 1. The summed E-state index contributed by atoms with van der Waals surface area (Å²) in [7, 11) is 1.36. The highest BCUT2D eigenvalue weighted by Gasteiger charge is 2.11. The number of hydrogen-bond donors (Lipinski definition) is 1. The lowest BCUT2D eigenvalue weighted by molar-refractivity contribution is -0.140. The van der Waals surface area contributed by atoms with Crippen molar-refractivity contribution in [1.82, 2.24) is 4.98 Å². The van der Waals surface area contributed by atoms with E-state index in [-0.39, 0.29) is 5.97 Å². The zero-order valence-electron chi connectivity index (χ0n) is 10.1. The highest BCUT2D eigenvalue weighted by atomic mass is 32.1. The summed E-state index contributed by atoms with van der Waals surface area (Å²) in [6.45, 7) is 3.73. The van der Waals surface area contributed by atoms with Crippen LogP contribution in [0.3, 0.4) is 0 Å². The van der Waals surface area contributed by atoms with E-state index in [1.165, 1.54) is 7.11 Å². The van der Waals surface area contributed by atoms with Gasteiger partial charge in [0, 0.05) is 12.1 Å². The van der Waals surface area contributed by atoms with Gasteiger partial charge in [0.15, 0.2) is 0 Å². The molecule has 0 aromatic carbocycles. The molecule has 1 aromatic rings. The molecule has 5 heteroatoms. The zero-order chi connectivity index (χ0) is 13.0. The summed E-state index contributed by atoms with van der Waals surface area (Å²) >= 11 is 5.07. The Balaban J connectivity index is 3.13. The van der Waals surface area contributed by atoms with E-state index in [0.717, 1.165) is 16.8 Å². The zero-order valence-corrected chi connectivity index (χ0v) is 10.9. The molecule has 0 amide bonds. The van der Waals surface area contributed by atoms with Gasteiger partial charge in [0.2, 0.25) is 0 Å². The summed E-state index contributed by atoms with van der Waals surface area (Å²) in [6, 6.07) is 2.08. The second-order valence-corrected chi connectivity index (χ2v) is 4.15. The number of nitrogens with zero attached hydrogens (tertiary/aromatic N) is 1. The number of aromatic amines is 1. The smallest absolute Gasteiger partial charge is 0.305 e. The molecule has 0 aliphatic rings. The third-order valence-electron chi connectivity index (χ3n) is 2.73. The van der Waals surface area contributed by atoms with Gasteiger partial charge in [0.25, 0.3) is 0 Å². The van der Waals surface area contributed by atoms with Crippen LogP contribution in [0, 0.1) is 29.8 Å². The van der Waals surface area contributed by atoms with Gasteiger partial charge in [-0.3, -0.25) is 4.79 Å². The lowest BCUT2D eigenvalue weighted by atomic mass is 9.99. The molecule has 0 unspecified atom stereocenters. The first-order chi connectivity index (χ1) is 8.01. The number of nitriles is 1. The van der Waals surface area contributed by atoms with Crippen molar-refractivity contribution >= 4 is 18.2 Å². The number of methoxy groups -OCH3 is 1. The molecule has 90 valence electrons. The van der Waals surface area contributed by atoms with Crippen molar-refractivity contribution in [2.45, 2.75) is 26.7 Å². The van der Waals surface area contributed by atoms with E-state index in [2.05, 4.69) is 15.8 Å². The SMILES string of the molecule is COC(=O)CCc1c(C)[nH]c(=S)c(C#N)c1C. The Morgan fingerprint density at radius 2 is 2.18 bits per heavy atom. The van der Waals surface area contributed by atoms with E-state index >= 15 is 0 Å². The number of carbonyl (C=O) groups excluding carboxylic acids is 1. The van der Waals surface area contributed by atoms with Gasteiger partial charge in [0.05, 0.1) is 12.7 Å². The van der Waals surface area contributed by atoms with Crippen molar-refractivity contribution in [2.75, 3.05) is 7.11 Å². The van der Waals surface area contributed by atoms with Crippen LogP contribution in [0.5, 0.6) is 0 Å². The Morgan fingerprint density at radius 1 is 1.53 bits per heavy atom. The summed E-state index contributed by atoms with van der Waals surface area (Å²) in [6.07, 6.45) is 0.846. The summed E-state index contributed by atoms with van der Waals surface area (Å²) < 4.78 is 5.05. The normalized spacial score (nSPS) is 9.76. The van der Waals surface area contributed by atoms with Crippen LogP contribution in [0.1, 0.15) is 28.8 Å². The molecule has 1 heterocycles. The highest BCUT2D eigenvalue weighted by molar-refractivity contribution is 7.71. The van der Waals surface area contributed by atoms with Gasteiger partial charge in [-0.05, 0) is 31.4 Å². The largest absolute Gasteiger partial charge is 0.469 e. The summed E-state index contributed by atoms with van der Waals surface area (Å²) in [5.74, 6) is -0.259. The maximum atomic E-state index is 11.1. The number of carbonyl (C=O) groups is 1. The standard InChI is InChI=1S/C12H14N2O2S/c1-7-9(4-5-11(15)16-3)8(2)14-12(17)10(7)6-13/h4-5H2,1-3H3,(H,14,17). The van der Waals surface area contributed by atoms with Crippen molar-refractivity contribution in [3.8, 4) is 6.07 Å². The predicted octanol–water partition coefficient (Wildman–Crippen LogP) is 2.34. The Hall–Kier alpha value is -1.67. The van der Waals surface area contributed by atoms with Gasteiger partial charge in [-0.2, -0.15) is 5.26 Å². The molecule has 0 saturated heterocycles. The second kappa shape index (κ2) is 5.60. The molecule has 1 N–H and O–H groups in total. The van der Waals surface area contributed by atoms with Crippen LogP contribution in [-0.4, -0.2) is 18.1 Å². The maximum absolute atomic E-state index is 11.1. The minimum atomic E-state index is -0.259. The molecule has 1 aromatic heterocycles. The molecule has 0 aliphatic heterocycles. The van der Waals surface area contributed by atoms with Crippen molar-refractivity contribution < 1.29 is 9.53 Å². The lowest BCUT2D eigenvalue weighted by Crippen LogP contribution is -2.06. The van der Waals surface area contributed by atoms with Crippen LogP contribution >= 0.6 is 12.2 Å². The molecular weight excluding hydrogens is 236 g/mol. The van der Waals surface area contributed by atoms with Crippen LogP contribution in [0.4, 0.5) is 0 Å². The monoisotopic (exact) mass is 250 g/mol. The lowest BCUT2D eigenvalue weighted by Gasteiger charge is -2.10. The van der Waals surface area contributed by atoms with Crippen molar-refractivity contribution in [2.24, 2.45) is 0 Å². The summed E-state index contributed by atoms with van der Waals surface area (Å²) in [5.41, 5.74) is 3.18. The van der Waals surface area contributed by atoms with Crippen LogP contribution in [0.2, 0.25) is 0 Å². The van der Waals surface area contributed by atoms with Gasteiger partial charge in [-0.1, -0.05) is 12.2 Å². The summed E-state index contributed by atoms with van der Waals surface area (Å²) in [4.78, 5) is 14.1. The molecule has 0 bridgehead atoms. The first-order valence-electron chi connectivity index (χ1n) is 5.20. The number of hydrogen-bond acceptors (Lipinski definition) is 4. The Morgan fingerprint density at radius 3 is 2.71 bits per heavy atom. The van der Waals surface area contributed by atoms with Crippen molar-refractivity contribution in [3.63, 3.8) is 0 Å². The number of aryl methyl sites for hydroxylation is 1. The molecule has 0 aliphatic carbocycles. The van der Waals surface area contributed by atoms with Gasteiger partial charge in [-0.25, -0.2) is 0 Å². The Bertz CT molecular complexity index is 541. The van der Waals surface area contributed by atoms with E-state index in [1.54, 1.807) is 0 Å². The number of ether oxygens (including phenoxy) is 1. The predicted molar refractivity (Wildman–Crippen MR) is 66.2 cm³/mol. The number of esters is 1. The van der Waals surface area contributed by atoms with Gasteiger partial charge in [-0.15, -0.1) is 0 Å². The molecule has 17 heavy (non-hydrogen) atoms. The molecule has 0 fully saturated rings. The van der Waals surface area contributed by atoms with E-state index in [4.69, 9.17) is 17.5 Å². The van der Waals surface area contributed by atoms with Gasteiger partial charge < -0.3 is 9.72 Å². The van der Waals surface area contributed by atoms with Crippen LogP contribution in [0.15, 0.2) is 0 Å². The van der Waals surface area contributed by atoms with E-state index in [0.29, 0.717) is 23.0 Å². The second-order valence-electron chi connectivity index (χ2n) is 3.75. The van der Waals surface area contributed by atoms with E-state index < -0.39 is 0 Å². The van der Waals surface area contributed by atoms with Crippen LogP contribution < -0.4 is 0 Å². The van der Waals surface area contributed by atoms with E-state index in [1.807, 2.05) is 13.8 Å². The minimum absolute atomic E-state index is 0.259. The number of rotatable bonds is 3. The van der Waals surface area contributed by atoms with Gasteiger partial charge in [0.1, 0.15) is 10.7 Å². The number of aromatic nitrogens is 1. The van der Waals surface area contributed by atoms with E-state index in [9.17, 15) is 4.79 Å². The minimum Gasteiger partial charge on any atom is -0.469 e. The van der Waals surface area contributed by atoms with Crippen LogP contribution in [0.25, 0.3) is 0 Å². The first-order valence-corrected chi connectivity index (χ1v) is 5.61. The number of pyridine rings is 1. The quantitative estimate of drug-likeness (QED) is 0.660.